The van der Waals surface area contributed by atoms with Crippen molar-refractivity contribution in [2.45, 2.75) is 77.8 Å². The Morgan fingerprint density at radius 2 is 1.74 bits per heavy atom. The summed E-state index contributed by atoms with van der Waals surface area (Å²) in [6, 6.07) is 6.67. The van der Waals surface area contributed by atoms with E-state index in [1.807, 2.05) is 13.8 Å². The summed E-state index contributed by atoms with van der Waals surface area (Å²) >= 11 is 6.45. The molecule has 0 radical (unpaired) electrons. The second kappa shape index (κ2) is 13.1. The third-order valence-electron chi connectivity index (χ3n) is 6.49. The molecule has 1 aliphatic carbocycles. The van der Waals surface area contributed by atoms with E-state index in [0.717, 1.165) is 38.8 Å². The van der Waals surface area contributed by atoms with Crippen LogP contribution in [0.2, 0.25) is 5.02 Å². The number of rotatable bonds is 11. The number of carbonyl (C=O) groups is 3. The molecule has 0 aromatic heterocycles. The number of hydrogen-bond donors (Lipinski definition) is 0. The first-order valence-corrected chi connectivity index (χ1v) is 12.7. The molecule has 0 saturated heterocycles. The van der Waals surface area contributed by atoms with Gasteiger partial charge in [-0.25, -0.2) is 4.79 Å². The average molecular weight is 495 g/mol. The van der Waals surface area contributed by atoms with E-state index in [4.69, 9.17) is 21.1 Å². The molecule has 1 unspecified atom stereocenters. The van der Waals surface area contributed by atoms with Gasteiger partial charge in [0.25, 0.3) is 0 Å². The van der Waals surface area contributed by atoms with Gasteiger partial charge in [-0.3, -0.25) is 19.4 Å². The molecule has 7 nitrogen and oxygen atoms in total. The van der Waals surface area contributed by atoms with Crippen LogP contribution in [-0.2, 0) is 24.6 Å². The predicted molar refractivity (Wildman–Crippen MR) is 133 cm³/mol. The van der Waals surface area contributed by atoms with Crippen molar-refractivity contribution in [1.82, 2.24) is 9.80 Å². The topological polar surface area (TPSA) is 76.2 Å². The van der Waals surface area contributed by atoms with Crippen LogP contribution in [0.5, 0.6) is 0 Å². The van der Waals surface area contributed by atoms with Crippen LogP contribution in [0.3, 0.4) is 0 Å². The molecule has 34 heavy (non-hydrogen) atoms. The smallest absolute Gasteiger partial charge is 0.413 e. The lowest BCUT2D eigenvalue weighted by atomic mass is 9.74. The highest BCUT2D eigenvalue weighted by atomic mass is 35.5. The summed E-state index contributed by atoms with van der Waals surface area (Å²) in [4.78, 5) is 42.5. The molecule has 1 aromatic rings. The molecule has 0 bridgehead atoms. The minimum Gasteiger partial charge on any atom is -0.427 e. The minimum atomic E-state index is -1.20. The van der Waals surface area contributed by atoms with E-state index in [1.165, 1.54) is 11.9 Å². The van der Waals surface area contributed by atoms with Crippen LogP contribution >= 0.6 is 11.6 Å². The molecule has 8 heteroatoms. The Kier molecular flexibility index (Phi) is 10.8. The number of hydrogen-bond acceptors (Lipinski definition) is 6. The molecule has 1 aliphatic rings. The monoisotopic (exact) mass is 494 g/mol. The number of likely N-dealkylation sites (N-methyl/N-ethyl adjacent to an activating group) is 1. The Morgan fingerprint density at radius 3 is 2.29 bits per heavy atom. The highest BCUT2D eigenvalue weighted by Crippen LogP contribution is 2.42. The van der Waals surface area contributed by atoms with Crippen LogP contribution in [0, 0.1) is 5.92 Å². The Hall–Kier alpha value is -2.12. The number of carbonyl (C=O) groups excluding carboxylic acids is 3. The van der Waals surface area contributed by atoms with Gasteiger partial charge in [0.2, 0.25) is 6.79 Å². The van der Waals surface area contributed by atoms with Crippen molar-refractivity contribution in [2.75, 3.05) is 26.9 Å². The van der Waals surface area contributed by atoms with Crippen molar-refractivity contribution >= 4 is 29.4 Å². The molecule has 190 valence electrons. The van der Waals surface area contributed by atoms with Gasteiger partial charge in [-0.2, -0.15) is 0 Å². The van der Waals surface area contributed by atoms with Crippen LogP contribution in [-0.4, -0.2) is 60.6 Å². The highest BCUT2D eigenvalue weighted by molar-refractivity contribution is 6.31. The SMILES string of the molecule is CCCN(CCC)C(C(=O)OCOC(=O)N(C)[C@]1(c2ccccc2Cl)CCCCC1=O)C(C)C. The van der Waals surface area contributed by atoms with Crippen LogP contribution in [0.25, 0.3) is 0 Å². The summed E-state index contributed by atoms with van der Waals surface area (Å²) in [5.41, 5.74) is -0.607. The number of Topliss-reactive ketones (excluding diaryl/α,β-unsaturated/α-hetero) is 1. The van der Waals surface area contributed by atoms with E-state index in [2.05, 4.69) is 18.7 Å². The molecule has 1 aromatic carbocycles. The van der Waals surface area contributed by atoms with E-state index in [-0.39, 0.29) is 11.7 Å². The van der Waals surface area contributed by atoms with Crippen LogP contribution in [0.15, 0.2) is 24.3 Å². The standard InChI is InChI=1S/C26H39ClN2O5/c1-6-16-29(17-7-2)23(19(3)4)24(31)33-18-34-25(32)28(5)26(15-11-10-14-22(26)30)20-12-8-9-13-21(20)27/h8-9,12-13,19,23H,6-7,10-11,14-18H2,1-5H3/t23?,26-/m0/s1. The molecule has 2 rings (SSSR count). The molecular weight excluding hydrogens is 456 g/mol. The van der Waals surface area contributed by atoms with Crippen LogP contribution in [0.1, 0.15) is 71.8 Å². The Labute approximate surface area is 208 Å². The molecule has 0 spiro atoms. The first-order valence-electron chi connectivity index (χ1n) is 12.3. The second-order valence-corrected chi connectivity index (χ2v) is 9.65. The average Bonchev–Trinajstić information content (AvgIpc) is 2.79. The Balaban J connectivity index is 2.12. The summed E-state index contributed by atoms with van der Waals surface area (Å²) in [6.07, 6.45) is 3.49. The zero-order valence-electron chi connectivity index (χ0n) is 21.1. The zero-order valence-corrected chi connectivity index (χ0v) is 21.9. The lowest BCUT2D eigenvalue weighted by Crippen LogP contribution is -2.54. The maximum absolute atomic E-state index is 13.2. The van der Waals surface area contributed by atoms with Crippen molar-refractivity contribution in [3.05, 3.63) is 34.9 Å². The van der Waals surface area contributed by atoms with Gasteiger partial charge in [0.05, 0.1) is 0 Å². The van der Waals surface area contributed by atoms with Gasteiger partial charge in [-0.1, -0.05) is 57.5 Å². The number of halogens is 1. The maximum Gasteiger partial charge on any atom is 0.413 e. The zero-order chi connectivity index (χ0) is 25.3. The molecule has 1 amide bonds. The summed E-state index contributed by atoms with van der Waals surface area (Å²) in [5.74, 6) is -0.438. The second-order valence-electron chi connectivity index (χ2n) is 9.25. The first kappa shape index (κ1) is 28.1. The number of amides is 1. The van der Waals surface area contributed by atoms with Gasteiger partial charge in [0.15, 0.2) is 5.78 Å². The third kappa shape index (κ3) is 6.30. The molecule has 2 atom stereocenters. The van der Waals surface area contributed by atoms with Gasteiger partial charge in [0, 0.05) is 24.1 Å². The van der Waals surface area contributed by atoms with Gasteiger partial charge >= 0.3 is 12.1 Å². The maximum atomic E-state index is 13.2. The van der Waals surface area contributed by atoms with Crippen molar-refractivity contribution in [2.24, 2.45) is 5.92 Å². The molecule has 1 saturated carbocycles. The number of nitrogens with zero attached hydrogens (tertiary/aromatic N) is 2. The highest BCUT2D eigenvalue weighted by Gasteiger charge is 2.48. The molecular formula is C26H39ClN2O5. The summed E-state index contributed by atoms with van der Waals surface area (Å²) in [5, 5.41) is 0.426. The number of ketones is 1. The lowest BCUT2D eigenvalue weighted by molar-refractivity contribution is -0.161. The molecule has 0 aliphatic heterocycles. The summed E-state index contributed by atoms with van der Waals surface area (Å²) < 4.78 is 10.7. The van der Waals surface area contributed by atoms with Crippen molar-refractivity contribution in [1.29, 1.82) is 0 Å². The van der Waals surface area contributed by atoms with Gasteiger partial charge in [0.1, 0.15) is 11.6 Å². The predicted octanol–water partition coefficient (Wildman–Crippen LogP) is 5.39. The van der Waals surface area contributed by atoms with Crippen LogP contribution < -0.4 is 0 Å². The van der Waals surface area contributed by atoms with E-state index in [1.54, 1.807) is 24.3 Å². The van der Waals surface area contributed by atoms with Crippen LogP contribution in [0.4, 0.5) is 4.79 Å². The fourth-order valence-electron chi connectivity index (χ4n) is 4.91. The lowest BCUT2D eigenvalue weighted by Gasteiger charge is -2.43. The number of ether oxygens (including phenoxy) is 2. The normalized spacial score (nSPS) is 19.2. The molecule has 0 heterocycles. The van der Waals surface area contributed by atoms with E-state index < -0.39 is 30.4 Å². The summed E-state index contributed by atoms with van der Waals surface area (Å²) in [7, 11) is 1.54. The molecule has 0 N–H and O–H groups in total. The first-order chi connectivity index (χ1) is 16.2. The number of benzene rings is 1. The van der Waals surface area contributed by atoms with Gasteiger partial charge in [-0.05, 0) is 57.2 Å². The Bertz CT molecular complexity index is 840. The largest absolute Gasteiger partial charge is 0.427 e. The fourth-order valence-corrected chi connectivity index (χ4v) is 5.20. The van der Waals surface area contributed by atoms with Gasteiger partial charge in [-0.15, -0.1) is 0 Å². The third-order valence-corrected chi connectivity index (χ3v) is 6.82. The summed E-state index contributed by atoms with van der Waals surface area (Å²) in [6.45, 7) is 9.17. The fraction of sp³-hybridized carbons (Fsp3) is 0.654. The van der Waals surface area contributed by atoms with Crippen molar-refractivity contribution in [3.8, 4) is 0 Å². The van der Waals surface area contributed by atoms with Crippen molar-refractivity contribution < 1.29 is 23.9 Å². The van der Waals surface area contributed by atoms with E-state index in [0.29, 0.717) is 23.4 Å². The van der Waals surface area contributed by atoms with Crippen molar-refractivity contribution in [3.63, 3.8) is 0 Å². The quantitative estimate of drug-likeness (QED) is 0.303. The minimum absolute atomic E-state index is 0.0485. The van der Waals surface area contributed by atoms with E-state index >= 15 is 0 Å². The molecule has 1 fully saturated rings. The number of esters is 1. The van der Waals surface area contributed by atoms with Gasteiger partial charge < -0.3 is 9.47 Å². The van der Waals surface area contributed by atoms with E-state index in [9.17, 15) is 14.4 Å². The Morgan fingerprint density at radius 1 is 1.09 bits per heavy atom.